The van der Waals surface area contributed by atoms with Crippen LogP contribution in [0.3, 0.4) is 0 Å². The number of aromatic amines is 2. The molecule has 0 aliphatic carbocycles. The first-order valence-corrected chi connectivity index (χ1v) is 15.6. The van der Waals surface area contributed by atoms with Gasteiger partial charge in [0.05, 0.1) is 0 Å². The number of rotatable bonds is 1. The topological polar surface area (TPSA) is 178 Å². The fraction of sp³-hybridized carbons (Fsp3) is 0. The third-order valence-electron chi connectivity index (χ3n) is 7.80. The zero-order valence-corrected chi connectivity index (χ0v) is 24.4. The summed E-state index contributed by atoms with van der Waals surface area (Å²) in [6.07, 6.45) is 0. The Morgan fingerprint density at radius 2 is 0.818 bits per heavy atom. The SMILES string of the molecule is N.[O]=[Ti](=[O])[c]1cccc2c3nc4nc(nc5[nH]c(nc6nc(nc([nH]3)c12)-c1ccccc1-6)c1ccccc51)-c1ccccc1-4. The Labute approximate surface area is 254 Å². The average molecular weight is 610 g/mol. The first-order chi connectivity index (χ1) is 21.1. The Bertz CT molecular complexity index is 2570. The minimum atomic E-state index is -4.02. The van der Waals surface area contributed by atoms with Crippen LogP contribution >= 0.6 is 0 Å². The van der Waals surface area contributed by atoms with E-state index in [1.807, 2.05) is 78.9 Å². The molecule has 7 aromatic rings. The maximum absolute atomic E-state index is 12.5. The molecule has 0 radical (unpaired) electrons. The van der Waals surface area contributed by atoms with E-state index in [1.165, 1.54) is 0 Å². The van der Waals surface area contributed by atoms with Crippen molar-refractivity contribution in [3.05, 3.63) is 91.0 Å². The molecule has 12 heteroatoms. The summed E-state index contributed by atoms with van der Waals surface area (Å²) in [6, 6.07) is 28.6. The predicted octanol–water partition coefficient (Wildman–Crippen LogP) is 5.97. The van der Waals surface area contributed by atoms with E-state index >= 15 is 0 Å². The number of hydrogen-bond acceptors (Lipinski definition) is 9. The van der Waals surface area contributed by atoms with Crippen molar-refractivity contribution in [3.63, 3.8) is 0 Å². The van der Waals surface area contributed by atoms with Crippen LogP contribution in [-0.4, -0.2) is 39.9 Å². The van der Waals surface area contributed by atoms with Crippen LogP contribution in [0, 0.1) is 0 Å². The third kappa shape index (κ3) is 3.84. The number of H-pyrrole nitrogens is 2. The first-order valence-electron chi connectivity index (χ1n) is 13.6. The van der Waals surface area contributed by atoms with Crippen LogP contribution < -0.4 is 10.0 Å². The molecule has 11 nitrogen and oxygen atoms in total. The Kier molecular flexibility index (Phi) is 5.82. The summed E-state index contributed by atoms with van der Waals surface area (Å²) in [6.45, 7) is 0. The summed E-state index contributed by atoms with van der Waals surface area (Å²) in [5, 5.41) is 2.91. The van der Waals surface area contributed by atoms with E-state index in [-0.39, 0.29) is 10.0 Å². The molecule has 0 saturated carbocycles. The Hall–Kier alpha value is -5.49. The zero-order valence-electron chi connectivity index (χ0n) is 22.9. The Morgan fingerprint density at radius 1 is 0.432 bits per heavy atom. The van der Waals surface area contributed by atoms with Crippen LogP contribution in [0.25, 0.3) is 89.7 Å². The van der Waals surface area contributed by atoms with E-state index in [0.29, 0.717) is 56.7 Å². The second-order valence-corrected chi connectivity index (χ2v) is 12.0. The molecule has 4 aromatic carbocycles. The summed E-state index contributed by atoms with van der Waals surface area (Å²) in [7, 11) is 0. The summed E-state index contributed by atoms with van der Waals surface area (Å²) in [5.41, 5.74) is 5.30. The third-order valence-corrected chi connectivity index (χ3v) is 9.14. The van der Waals surface area contributed by atoms with Gasteiger partial charge in [0.1, 0.15) is 0 Å². The van der Waals surface area contributed by atoms with E-state index in [4.69, 9.17) is 29.9 Å². The van der Waals surface area contributed by atoms with Gasteiger partial charge in [-0.1, -0.05) is 6.07 Å². The van der Waals surface area contributed by atoms with Gasteiger partial charge < -0.3 is 6.15 Å². The van der Waals surface area contributed by atoms with Crippen LogP contribution in [0.2, 0.25) is 0 Å². The van der Waals surface area contributed by atoms with Gasteiger partial charge in [0, 0.05) is 0 Å². The molecule has 5 heterocycles. The van der Waals surface area contributed by atoms with Gasteiger partial charge in [-0.3, -0.25) is 0 Å². The molecule has 5 N–H and O–H groups in total. The fourth-order valence-electron chi connectivity index (χ4n) is 5.86. The van der Waals surface area contributed by atoms with Crippen molar-refractivity contribution >= 4 is 48.0 Å². The molecule has 0 fully saturated rings. The van der Waals surface area contributed by atoms with Gasteiger partial charge in [-0.05, 0) is 0 Å². The van der Waals surface area contributed by atoms with Crippen LogP contribution in [0.5, 0.6) is 0 Å². The van der Waals surface area contributed by atoms with E-state index in [2.05, 4.69) is 9.97 Å². The summed E-state index contributed by atoms with van der Waals surface area (Å²) in [5.74, 6) is 1.88. The number of fused-ring (bicyclic) bond motifs is 20. The molecule has 0 atom stereocenters. The second-order valence-electron chi connectivity index (χ2n) is 10.3. The quantitative estimate of drug-likeness (QED) is 0.189. The number of nitrogens with zero attached hydrogens (tertiary/aromatic N) is 6. The first kappa shape index (κ1) is 26.2. The molecule has 2 aliphatic rings. The zero-order chi connectivity index (χ0) is 28.7. The van der Waals surface area contributed by atoms with Crippen LogP contribution in [0.15, 0.2) is 91.0 Å². The van der Waals surface area contributed by atoms with Crippen molar-refractivity contribution in [1.82, 2.24) is 46.0 Å². The maximum atomic E-state index is 12.5. The van der Waals surface area contributed by atoms with Crippen molar-refractivity contribution in [3.8, 4) is 45.6 Å². The minimum absolute atomic E-state index is 0. The molecule has 0 spiro atoms. The van der Waals surface area contributed by atoms with Crippen molar-refractivity contribution < 1.29 is 24.5 Å². The molecule has 209 valence electrons. The normalized spacial score (nSPS) is 11.6. The Balaban J connectivity index is 0.00000289. The van der Waals surface area contributed by atoms with Gasteiger partial charge in [-0.15, -0.1) is 0 Å². The number of benzene rings is 4. The van der Waals surface area contributed by atoms with Crippen molar-refractivity contribution in [2.45, 2.75) is 0 Å². The number of aromatic nitrogens is 8. The van der Waals surface area contributed by atoms with Crippen molar-refractivity contribution in [1.29, 1.82) is 0 Å². The van der Waals surface area contributed by atoms with E-state index < -0.39 is 17.8 Å². The summed E-state index contributed by atoms with van der Waals surface area (Å²) >= 11 is -4.02. The molecule has 0 unspecified atom stereocenters. The van der Waals surface area contributed by atoms with Crippen molar-refractivity contribution in [2.75, 3.05) is 0 Å². The molecule has 9 rings (SSSR count). The monoisotopic (exact) mass is 610 g/mol. The van der Waals surface area contributed by atoms with Gasteiger partial charge in [0.2, 0.25) is 0 Å². The number of nitrogens with one attached hydrogen (secondary N) is 2. The molecule has 3 aromatic heterocycles. The standard InChI is InChI=1S/C32H17N8.H3N.2O.Ti/c1-2-10-18-17(9-1)25-33-26(18)38-28-21-13-5-6-14-22(21)30(35-28)40-32-24-16-8-7-15-23(24)31(36-32)39-29-20-12-4-3-11-19(20)27(34-29)37-25;;;;/h1-15H,(H2,33,34,35,36,37,38,39,40);1H3;;;. The molecule has 0 saturated heterocycles. The Morgan fingerprint density at radius 3 is 1.30 bits per heavy atom. The summed E-state index contributed by atoms with van der Waals surface area (Å²) < 4.78 is 25.2. The molecular formula is C32H20N9O2Ti. The van der Waals surface area contributed by atoms with Gasteiger partial charge >= 0.3 is 243 Å². The van der Waals surface area contributed by atoms with E-state index in [9.17, 15) is 6.65 Å². The molecule has 2 aliphatic heterocycles. The van der Waals surface area contributed by atoms with E-state index in [0.717, 1.165) is 33.0 Å². The van der Waals surface area contributed by atoms with Gasteiger partial charge in [0.25, 0.3) is 0 Å². The van der Waals surface area contributed by atoms with Gasteiger partial charge in [-0.2, -0.15) is 0 Å². The molecular weight excluding hydrogens is 590 g/mol. The predicted molar refractivity (Wildman–Crippen MR) is 162 cm³/mol. The van der Waals surface area contributed by atoms with Gasteiger partial charge in [0.15, 0.2) is 0 Å². The van der Waals surface area contributed by atoms with Crippen LogP contribution in [0.4, 0.5) is 0 Å². The molecule has 44 heavy (non-hydrogen) atoms. The van der Waals surface area contributed by atoms with Crippen LogP contribution in [-0.2, 0) is 24.5 Å². The fourth-order valence-corrected chi connectivity index (χ4v) is 6.94. The van der Waals surface area contributed by atoms with Gasteiger partial charge in [-0.25, -0.2) is 0 Å². The van der Waals surface area contributed by atoms with Crippen molar-refractivity contribution in [2.24, 2.45) is 0 Å². The number of hydrogen-bond donors (Lipinski definition) is 3. The van der Waals surface area contributed by atoms with E-state index in [1.54, 1.807) is 12.1 Å². The van der Waals surface area contributed by atoms with Crippen LogP contribution in [0.1, 0.15) is 0 Å². The molecule has 0 amide bonds. The second kappa shape index (κ2) is 9.78. The average Bonchev–Trinajstić information content (AvgIpc) is 3.76. The molecule has 8 bridgehead atoms. The summed E-state index contributed by atoms with van der Waals surface area (Å²) in [4.78, 5) is 36.2.